The first kappa shape index (κ1) is 10.3. The number of carbonyl (C=O) groups is 1. The normalized spacial score (nSPS) is 10.1. The fourth-order valence-electron chi connectivity index (χ4n) is 1.58. The first-order valence-corrected chi connectivity index (χ1v) is 4.87. The molecule has 1 heterocycles. The average molecular weight is 213 g/mol. The van der Waals surface area contributed by atoms with Crippen LogP contribution < -0.4 is 5.73 Å². The Balaban J connectivity index is 2.66. The summed E-state index contributed by atoms with van der Waals surface area (Å²) in [5.74, 6) is -0.480. The van der Waals surface area contributed by atoms with Crippen LogP contribution in [-0.4, -0.2) is 16.1 Å². The lowest BCUT2D eigenvalue weighted by molar-refractivity contribution is 0.1000. The van der Waals surface area contributed by atoms with Gasteiger partial charge in [-0.3, -0.25) is 4.79 Å². The molecule has 0 aliphatic heterocycles. The summed E-state index contributed by atoms with van der Waals surface area (Å²) in [6.07, 6.45) is 1.53. The number of nitrogens with two attached hydrogens (primary N) is 1. The lowest BCUT2D eigenvalue weighted by Crippen LogP contribution is -2.15. The molecule has 0 saturated carbocycles. The molecule has 0 radical (unpaired) electrons. The van der Waals surface area contributed by atoms with Crippen molar-refractivity contribution in [2.75, 3.05) is 0 Å². The molecular formula is C12H11N3O. The van der Waals surface area contributed by atoms with Gasteiger partial charge in [-0.15, -0.1) is 5.10 Å². The monoisotopic (exact) mass is 213 g/mol. The van der Waals surface area contributed by atoms with Gasteiger partial charge < -0.3 is 5.73 Å². The summed E-state index contributed by atoms with van der Waals surface area (Å²) in [6, 6.07) is 9.40. The van der Waals surface area contributed by atoms with Crippen molar-refractivity contribution in [3.05, 3.63) is 47.7 Å². The number of rotatable bonds is 2. The highest BCUT2D eigenvalue weighted by Crippen LogP contribution is 2.21. The number of amides is 1. The predicted molar refractivity (Wildman–Crippen MR) is 60.7 cm³/mol. The van der Waals surface area contributed by atoms with Gasteiger partial charge >= 0.3 is 0 Å². The quantitative estimate of drug-likeness (QED) is 0.822. The Labute approximate surface area is 93.1 Å². The summed E-state index contributed by atoms with van der Waals surface area (Å²) in [6.45, 7) is 1.79. The Hall–Kier alpha value is -2.23. The molecule has 2 rings (SSSR count). The third-order valence-electron chi connectivity index (χ3n) is 2.33. The summed E-state index contributed by atoms with van der Waals surface area (Å²) in [5.41, 5.74) is 7.89. The van der Waals surface area contributed by atoms with E-state index in [-0.39, 0.29) is 0 Å². The van der Waals surface area contributed by atoms with Crippen molar-refractivity contribution in [2.24, 2.45) is 5.73 Å². The Morgan fingerprint density at radius 2 is 1.94 bits per heavy atom. The van der Waals surface area contributed by atoms with Crippen LogP contribution in [0.4, 0.5) is 0 Å². The van der Waals surface area contributed by atoms with Gasteiger partial charge in [0.15, 0.2) is 0 Å². The summed E-state index contributed by atoms with van der Waals surface area (Å²) < 4.78 is 0. The number of hydrogen-bond donors (Lipinski definition) is 1. The zero-order chi connectivity index (χ0) is 11.5. The zero-order valence-electron chi connectivity index (χ0n) is 8.84. The summed E-state index contributed by atoms with van der Waals surface area (Å²) >= 11 is 0. The van der Waals surface area contributed by atoms with Crippen LogP contribution >= 0.6 is 0 Å². The minimum atomic E-state index is -0.480. The van der Waals surface area contributed by atoms with Crippen molar-refractivity contribution in [1.82, 2.24) is 10.2 Å². The fraction of sp³-hybridized carbons (Fsp3) is 0.0833. The van der Waals surface area contributed by atoms with Crippen molar-refractivity contribution in [2.45, 2.75) is 6.92 Å². The van der Waals surface area contributed by atoms with Gasteiger partial charge in [-0.05, 0) is 12.5 Å². The van der Waals surface area contributed by atoms with E-state index in [9.17, 15) is 4.79 Å². The van der Waals surface area contributed by atoms with Crippen molar-refractivity contribution < 1.29 is 4.79 Å². The van der Waals surface area contributed by atoms with E-state index < -0.39 is 5.91 Å². The third kappa shape index (κ3) is 1.77. The summed E-state index contributed by atoms with van der Waals surface area (Å²) in [5, 5.41) is 7.83. The van der Waals surface area contributed by atoms with Gasteiger partial charge in [-0.1, -0.05) is 30.3 Å². The maximum Gasteiger partial charge on any atom is 0.251 e. The van der Waals surface area contributed by atoms with Crippen molar-refractivity contribution in [3.63, 3.8) is 0 Å². The second-order valence-corrected chi connectivity index (χ2v) is 3.48. The van der Waals surface area contributed by atoms with E-state index in [1.54, 1.807) is 6.92 Å². The smallest absolute Gasteiger partial charge is 0.251 e. The summed E-state index contributed by atoms with van der Waals surface area (Å²) in [7, 11) is 0. The maximum atomic E-state index is 11.4. The SMILES string of the molecule is Cc1cnnc(-c2ccccc2)c1C(N)=O. The molecule has 1 aromatic carbocycles. The number of primary amides is 1. The van der Waals surface area contributed by atoms with E-state index in [4.69, 9.17) is 5.73 Å². The van der Waals surface area contributed by atoms with Crippen LogP contribution in [0.2, 0.25) is 0 Å². The average Bonchev–Trinajstić information content (AvgIpc) is 2.29. The number of carbonyl (C=O) groups excluding carboxylic acids is 1. The number of benzene rings is 1. The van der Waals surface area contributed by atoms with Crippen LogP contribution in [0.25, 0.3) is 11.3 Å². The predicted octanol–water partition coefficient (Wildman–Crippen LogP) is 1.55. The van der Waals surface area contributed by atoms with Crippen LogP contribution in [-0.2, 0) is 0 Å². The number of hydrogen-bond acceptors (Lipinski definition) is 3. The van der Waals surface area contributed by atoms with Gasteiger partial charge in [0.25, 0.3) is 5.91 Å². The molecule has 16 heavy (non-hydrogen) atoms. The minimum Gasteiger partial charge on any atom is -0.366 e. The second kappa shape index (κ2) is 4.10. The molecule has 2 N–H and O–H groups in total. The third-order valence-corrected chi connectivity index (χ3v) is 2.33. The molecule has 0 unspecified atom stereocenters. The van der Waals surface area contributed by atoms with E-state index in [1.165, 1.54) is 6.20 Å². The molecule has 0 spiro atoms. The summed E-state index contributed by atoms with van der Waals surface area (Å²) in [4.78, 5) is 11.4. The van der Waals surface area contributed by atoms with Crippen LogP contribution in [0, 0.1) is 6.92 Å². The van der Waals surface area contributed by atoms with Gasteiger partial charge in [0, 0.05) is 5.56 Å². The first-order valence-electron chi connectivity index (χ1n) is 4.87. The Morgan fingerprint density at radius 3 is 2.56 bits per heavy atom. The van der Waals surface area contributed by atoms with E-state index in [2.05, 4.69) is 10.2 Å². The van der Waals surface area contributed by atoms with Gasteiger partial charge in [0.2, 0.25) is 0 Å². The highest BCUT2D eigenvalue weighted by molar-refractivity contribution is 5.99. The Bertz CT molecular complexity index is 523. The van der Waals surface area contributed by atoms with Gasteiger partial charge in [-0.2, -0.15) is 5.10 Å². The van der Waals surface area contributed by atoms with Gasteiger partial charge in [0.1, 0.15) is 5.69 Å². The Morgan fingerprint density at radius 1 is 1.25 bits per heavy atom. The molecule has 4 nitrogen and oxygen atoms in total. The molecule has 0 fully saturated rings. The number of aryl methyl sites for hydroxylation is 1. The standard InChI is InChI=1S/C12H11N3O/c1-8-7-14-15-11(10(8)12(13)16)9-5-3-2-4-6-9/h2-7H,1H3,(H2,13,16). The molecular weight excluding hydrogens is 202 g/mol. The van der Waals surface area contributed by atoms with Crippen LogP contribution in [0.1, 0.15) is 15.9 Å². The van der Waals surface area contributed by atoms with E-state index in [0.717, 1.165) is 11.1 Å². The maximum absolute atomic E-state index is 11.4. The molecule has 0 atom stereocenters. The molecule has 0 saturated heterocycles. The van der Waals surface area contributed by atoms with Crippen LogP contribution in [0.3, 0.4) is 0 Å². The number of aromatic nitrogens is 2. The van der Waals surface area contributed by atoms with Crippen molar-refractivity contribution >= 4 is 5.91 Å². The lowest BCUT2D eigenvalue weighted by Gasteiger charge is -2.06. The van der Waals surface area contributed by atoms with Crippen molar-refractivity contribution in [1.29, 1.82) is 0 Å². The lowest BCUT2D eigenvalue weighted by atomic mass is 10.0. The molecule has 0 bridgehead atoms. The van der Waals surface area contributed by atoms with Crippen LogP contribution in [0.5, 0.6) is 0 Å². The molecule has 2 aromatic rings. The van der Waals surface area contributed by atoms with Crippen molar-refractivity contribution in [3.8, 4) is 11.3 Å². The number of nitrogens with zero attached hydrogens (tertiary/aromatic N) is 2. The first-order chi connectivity index (χ1) is 7.70. The van der Waals surface area contributed by atoms with Gasteiger partial charge in [0.05, 0.1) is 11.8 Å². The molecule has 0 aliphatic rings. The molecule has 80 valence electrons. The molecule has 0 aliphatic carbocycles. The fourth-order valence-corrected chi connectivity index (χ4v) is 1.58. The second-order valence-electron chi connectivity index (χ2n) is 3.48. The van der Waals surface area contributed by atoms with E-state index in [0.29, 0.717) is 11.3 Å². The topological polar surface area (TPSA) is 68.9 Å². The molecule has 1 aromatic heterocycles. The zero-order valence-corrected chi connectivity index (χ0v) is 8.84. The minimum absolute atomic E-state index is 0.432. The highest BCUT2D eigenvalue weighted by Gasteiger charge is 2.14. The Kier molecular flexibility index (Phi) is 2.64. The van der Waals surface area contributed by atoms with E-state index >= 15 is 0 Å². The molecule has 4 heteroatoms. The van der Waals surface area contributed by atoms with Gasteiger partial charge in [-0.25, -0.2) is 0 Å². The largest absolute Gasteiger partial charge is 0.366 e. The van der Waals surface area contributed by atoms with Crippen LogP contribution in [0.15, 0.2) is 36.5 Å². The van der Waals surface area contributed by atoms with E-state index in [1.807, 2.05) is 30.3 Å². The molecule has 1 amide bonds. The highest BCUT2D eigenvalue weighted by atomic mass is 16.1.